The zero-order valence-corrected chi connectivity index (χ0v) is 18.1. The summed E-state index contributed by atoms with van der Waals surface area (Å²) in [6.45, 7) is 5.49. The van der Waals surface area contributed by atoms with Crippen molar-refractivity contribution in [1.29, 1.82) is 0 Å². The molecular formula is C22H26N4O3S. The van der Waals surface area contributed by atoms with E-state index in [-0.39, 0.29) is 10.8 Å². The molecule has 1 amide bonds. The highest BCUT2D eigenvalue weighted by molar-refractivity contribution is 7.89. The van der Waals surface area contributed by atoms with Crippen LogP contribution in [0.1, 0.15) is 42.1 Å². The summed E-state index contributed by atoms with van der Waals surface area (Å²) in [6, 6.07) is 12.4. The molecule has 1 saturated heterocycles. The summed E-state index contributed by atoms with van der Waals surface area (Å²) in [7, 11) is -3.61. The molecular weight excluding hydrogens is 400 g/mol. The van der Waals surface area contributed by atoms with Crippen molar-refractivity contribution in [3.05, 3.63) is 53.6 Å². The number of para-hydroxylation sites is 2. The van der Waals surface area contributed by atoms with Gasteiger partial charge in [-0.3, -0.25) is 10.1 Å². The number of amides is 1. The molecule has 7 nitrogen and oxygen atoms in total. The van der Waals surface area contributed by atoms with Gasteiger partial charge in [0.15, 0.2) is 0 Å². The molecule has 0 unspecified atom stereocenters. The van der Waals surface area contributed by atoms with Crippen LogP contribution in [0.4, 0.5) is 5.95 Å². The highest BCUT2D eigenvalue weighted by atomic mass is 32.2. The smallest absolute Gasteiger partial charge is 0.258 e. The average Bonchev–Trinajstić information content (AvgIpc) is 3.11. The van der Waals surface area contributed by atoms with E-state index in [2.05, 4.69) is 10.3 Å². The summed E-state index contributed by atoms with van der Waals surface area (Å²) in [6.07, 6.45) is 2.78. The van der Waals surface area contributed by atoms with Gasteiger partial charge < -0.3 is 4.57 Å². The molecule has 1 aliphatic rings. The molecule has 8 heteroatoms. The minimum Gasteiger partial charge on any atom is -0.310 e. The fourth-order valence-corrected chi connectivity index (χ4v) is 5.46. The molecule has 3 aromatic rings. The first-order valence-electron chi connectivity index (χ1n) is 10.3. The molecule has 1 aliphatic heterocycles. The lowest BCUT2D eigenvalue weighted by molar-refractivity contribution is 0.102. The van der Waals surface area contributed by atoms with Gasteiger partial charge >= 0.3 is 0 Å². The highest BCUT2D eigenvalue weighted by Gasteiger charge is 2.27. The van der Waals surface area contributed by atoms with Gasteiger partial charge in [0.05, 0.1) is 15.9 Å². The number of benzene rings is 2. The molecule has 158 valence electrons. The van der Waals surface area contributed by atoms with Crippen LogP contribution >= 0.6 is 0 Å². The largest absolute Gasteiger partial charge is 0.310 e. The van der Waals surface area contributed by atoms with E-state index in [0.717, 1.165) is 30.3 Å². The Hall–Kier alpha value is -2.71. The van der Waals surface area contributed by atoms with Gasteiger partial charge in [-0.1, -0.05) is 24.6 Å². The second kappa shape index (κ2) is 8.20. The van der Waals surface area contributed by atoms with Crippen LogP contribution < -0.4 is 5.32 Å². The maximum absolute atomic E-state index is 13.1. The first kappa shape index (κ1) is 20.6. The fraction of sp³-hybridized carbons (Fsp3) is 0.364. The standard InChI is InChI=1S/C22H26N4O3S/c1-3-26-20-10-6-5-9-19(20)23-22(26)24-21(27)18-15-17(12-11-16(18)2)30(28,29)25-13-7-4-8-14-25/h5-6,9-12,15H,3-4,7-8,13-14H2,1-2H3,(H,23,24,27). The van der Waals surface area contributed by atoms with Crippen LogP contribution in [0.3, 0.4) is 0 Å². The lowest BCUT2D eigenvalue weighted by Gasteiger charge is -2.26. The molecule has 0 atom stereocenters. The molecule has 4 rings (SSSR count). The fourth-order valence-electron chi connectivity index (χ4n) is 3.92. The van der Waals surface area contributed by atoms with Gasteiger partial charge in [0, 0.05) is 25.2 Å². The summed E-state index contributed by atoms with van der Waals surface area (Å²) in [5, 5.41) is 2.87. The van der Waals surface area contributed by atoms with Gasteiger partial charge in [0.2, 0.25) is 16.0 Å². The van der Waals surface area contributed by atoms with Gasteiger partial charge in [-0.15, -0.1) is 0 Å². The summed E-state index contributed by atoms with van der Waals surface area (Å²) < 4.78 is 29.5. The van der Waals surface area contributed by atoms with Gasteiger partial charge in [0.25, 0.3) is 5.91 Å². The molecule has 0 radical (unpaired) electrons. The van der Waals surface area contributed by atoms with E-state index in [4.69, 9.17) is 0 Å². The highest BCUT2D eigenvalue weighted by Crippen LogP contribution is 2.24. The second-order valence-corrected chi connectivity index (χ2v) is 9.50. The number of piperidine rings is 1. The van der Waals surface area contributed by atoms with Crippen LogP contribution in [0, 0.1) is 6.92 Å². The molecule has 1 N–H and O–H groups in total. The van der Waals surface area contributed by atoms with Crippen molar-refractivity contribution in [1.82, 2.24) is 13.9 Å². The van der Waals surface area contributed by atoms with E-state index in [1.807, 2.05) is 35.8 Å². The van der Waals surface area contributed by atoms with Gasteiger partial charge in [-0.05, 0) is 56.5 Å². The third-order valence-electron chi connectivity index (χ3n) is 5.60. The van der Waals surface area contributed by atoms with E-state index in [1.54, 1.807) is 19.1 Å². The van der Waals surface area contributed by atoms with Crippen LogP contribution in [0.25, 0.3) is 11.0 Å². The Morgan fingerprint density at radius 2 is 1.83 bits per heavy atom. The van der Waals surface area contributed by atoms with Crippen molar-refractivity contribution in [2.75, 3.05) is 18.4 Å². The first-order valence-corrected chi connectivity index (χ1v) is 11.7. The van der Waals surface area contributed by atoms with Crippen LogP contribution in [0.2, 0.25) is 0 Å². The number of hydrogen-bond donors (Lipinski definition) is 1. The Morgan fingerprint density at radius 1 is 1.10 bits per heavy atom. The third kappa shape index (κ3) is 3.73. The number of aryl methyl sites for hydroxylation is 2. The maximum Gasteiger partial charge on any atom is 0.258 e. The molecule has 30 heavy (non-hydrogen) atoms. The zero-order valence-electron chi connectivity index (χ0n) is 17.3. The van der Waals surface area contributed by atoms with Crippen LogP contribution in [0.15, 0.2) is 47.4 Å². The van der Waals surface area contributed by atoms with E-state index in [1.165, 1.54) is 10.4 Å². The van der Waals surface area contributed by atoms with Gasteiger partial charge in [-0.25, -0.2) is 13.4 Å². The number of anilines is 1. The summed E-state index contributed by atoms with van der Waals surface area (Å²) in [5.74, 6) is 0.0839. The topological polar surface area (TPSA) is 84.3 Å². The predicted octanol–water partition coefficient (Wildman–Crippen LogP) is 3.79. The number of hydrogen-bond acceptors (Lipinski definition) is 4. The number of nitrogens with one attached hydrogen (secondary N) is 1. The van der Waals surface area contributed by atoms with E-state index < -0.39 is 10.0 Å². The first-order chi connectivity index (χ1) is 14.4. The van der Waals surface area contributed by atoms with E-state index in [0.29, 0.717) is 36.7 Å². The normalized spacial score (nSPS) is 15.4. The monoisotopic (exact) mass is 426 g/mol. The third-order valence-corrected chi connectivity index (χ3v) is 7.50. The molecule has 2 aromatic carbocycles. The van der Waals surface area contributed by atoms with Crippen molar-refractivity contribution in [3.8, 4) is 0 Å². The molecule has 0 aliphatic carbocycles. The van der Waals surface area contributed by atoms with Crippen LogP contribution in [0.5, 0.6) is 0 Å². The van der Waals surface area contributed by atoms with Gasteiger partial charge in [0.1, 0.15) is 0 Å². The number of rotatable bonds is 5. The van der Waals surface area contributed by atoms with Crippen molar-refractivity contribution in [3.63, 3.8) is 0 Å². The van der Waals surface area contributed by atoms with Gasteiger partial charge in [-0.2, -0.15) is 4.31 Å². The number of sulfonamides is 1. The van der Waals surface area contributed by atoms with Crippen LogP contribution in [-0.2, 0) is 16.6 Å². The van der Waals surface area contributed by atoms with E-state index >= 15 is 0 Å². The second-order valence-electron chi connectivity index (χ2n) is 7.56. The Labute approximate surface area is 176 Å². The maximum atomic E-state index is 13.1. The Bertz CT molecular complexity index is 1190. The quantitative estimate of drug-likeness (QED) is 0.673. The van der Waals surface area contributed by atoms with E-state index in [9.17, 15) is 13.2 Å². The average molecular weight is 427 g/mol. The summed E-state index contributed by atoms with van der Waals surface area (Å²) in [4.78, 5) is 17.7. The van der Waals surface area contributed by atoms with Crippen molar-refractivity contribution < 1.29 is 13.2 Å². The number of carbonyl (C=O) groups is 1. The number of aromatic nitrogens is 2. The van der Waals surface area contributed by atoms with Crippen molar-refractivity contribution >= 4 is 32.9 Å². The predicted molar refractivity (Wildman–Crippen MR) is 117 cm³/mol. The molecule has 1 aromatic heterocycles. The number of nitrogens with zero attached hydrogens (tertiary/aromatic N) is 3. The Balaban J connectivity index is 1.66. The SMILES string of the molecule is CCn1c(NC(=O)c2cc(S(=O)(=O)N3CCCCC3)ccc2C)nc2ccccc21. The minimum atomic E-state index is -3.61. The van der Waals surface area contributed by atoms with Crippen molar-refractivity contribution in [2.24, 2.45) is 0 Å². The number of carbonyl (C=O) groups excluding carboxylic acids is 1. The lowest BCUT2D eigenvalue weighted by Crippen LogP contribution is -2.35. The molecule has 1 fully saturated rings. The number of imidazole rings is 1. The summed E-state index contributed by atoms with van der Waals surface area (Å²) >= 11 is 0. The van der Waals surface area contributed by atoms with Crippen molar-refractivity contribution in [2.45, 2.75) is 44.6 Å². The molecule has 0 saturated carbocycles. The minimum absolute atomic E-state index is 0.157. The molecule has 0 spiro atoms. The summed E-state index contributed by atoms with van der Waals surface area (Å²) in [5.41, 5.74) is 2.79. The molecule has 0 bridgehead atoms. The zero-order chi connectivity index (χ0) is 21.3. The lowest BCUT2D eigenvalue weighted by atomic mass is 10.1. The molecule has 2 heterocycles. The number of fused-ring (bicyclic) bond motifs is 1. The Morgan fingerprint density at radius 3 is 2.57 bits per heavy atom. The van der Waals surface area contributed by atoms with Crippen LogP contribution in [-0.4, -0.2) is 41.3 Å². The Kier molecular flexibility index (Phi) is 5.62.